The lowest BCUT2D eigenvalue weighted by molar-refractivity contribution is 0.0695. The van der Waals surface area contributed by atoms with Crippen LogP contribution in [0.1, 0.15) is 34.6 Å². The Balaban J connectivity index is 1.69. The van der Waals surface area contributed by atoms with Crippen molar-refractivity contribution in [2.45, 2.75) is 13.8 Å². The molecule has 0 saturated carbocycles. The van der Waals surface area contributed by atoms with Gasteiger partial charge in [0.25, 0.3) is 22.0 Å². The molecule has 2 heterocycles. The SMILES string of the molecule is CCN(CC)S(=O)(=O)N1CCN(C(=O)c2ccccc2NC(=O)c2ccsc2)CC1. The van der Waals surface area contributed by atoms with Crippen molar-refractivity contribution in [2.24, 2.45) is 0 Å². The predicted octanol–water partition coefficient (Wildman–Crippen LogP) is 2.34. The highest BCUT2D eigenvalue weighted by Gasteiger charge is 2.32. The molecule has 1 aliphatic heterocycles. The first-order chi connectivity index (χ1) is 14.4. The zero-order chi connectivity index (χ0) is 21.7. The average Bonchev–Trinajstić information content (AvgIpc) is 3.29. The van der Waals surface area contributed by atoms with Crippen LogP contribution in [-0.2, 0) is 10.2 Å². The lowest BCUT2D eigenvalue weighted by atomic mass is 10.1. The molecule has 1 N–H and O–H groups in total. The Bertz CT molecular complexity index is 980. The van der Waals surface area contributed by atoms with E-state index in [2.05, 4.69) is 5.32 Å². The van der Waals surface area contributed by atoms with Crippen LogP contribution in [0.25, 0.3) is 0 Å². The second kappa shape index (κ2) is 9.69. The summed E-state index contributed by atoms with van der Waals surface area (Å²) >= 11 is 1.43. The summed E-state index contributed by atoms with van der Waals surface area (Å²) in [5, 5.41) is 6.37. The van der Waals surface area contributed by atoms with Crippen molar-refractivity contribution in [3.63, 3.8) is 0 Å². The lowest BCUT2D eigenvalue weighted by Crippen LogP contribution is -2.54. The molecule has 162 valence electrons. The van der Waals surface area contributed by atoms with Gasteiger partial charge in [0, 0.05) is 44.6 Å². The minimum absolute atomic E-state index is 0.226. The van der Waals surface area contributed by atoms with Gasteiger partial charge in [-0.3, -0.25) is 9.59 Å². The van der Waals surface area contributed by atoms with E-state index in [0.29, 0.717) is 43.0 Å². The number of nitrogens with zero attached hydrogens (tertiary/aromatic N) is 3. The minimum Gasteiger partial charge on any atom is -0.336 e. The number of piperazine rings is 1. The highest BCUT2D eigenvalue weighted by atomic mass is 32.2. The maximum atomic E-state index is 13.1. The number of hydrogen-bond acceptors (Lipinski definition) is 5. The fourth-order valence-corrected chi connectivity index (χ4v) is 5.61. The molecule has 2 amide bonds. The third-order valence-corrected chi connectivity index (χ3v) is 7.94. The Morgan fingerprint density at radius 3 is 2.33 bits per heavy atom. The number of benzene rings is 1. The van der Waals surface area contributed by atoms with E-state index in [1.54, 1.807) is 40.6 Å². The number of rotatable bonds is 7. The van der Waals surface area contributed by atoms with Crippen molar-refractivity contribution in [3.8, 4) is 0 Å². The third-order valence-electron chi connectivity index (χ3n) is 5.07. The van der Waals surface area contributed by atoms with Crippen molar-refractivity contribution >= 4 is 39.0 Å². The molecule has 0 unspecified atom stereocenters. The van der Waals surface area contributed by atoms with Crippen molar-refractivity contribution in [1.82, 2.24) is 13.5 Å². The van der Waals surface area contributed by atoms with Gasteiger partial charge in [0.15, 0.2) is 0 Å². The summed E-state index contributed by atoms with van der Waals surface area (Å²) < 4.78 is 28.2. The van der Waals surface area contributed by atoms with Gasteiger partial charge in [-0.1, -0.05) is 26.0 Å². The van der Waals surface area contributed by atoms with Crippen LogP contribution in [0.3, 0.4) is 0 Å². The van der Waals surface area contributed by atoms with E-state index in [-0.39, 0.29) is 24.9 Å². The Morgan fingerprint density at radius 2 is 1.73 bits per heavy atom. The first-order valence-electron chi connectivity index (χ1n) is 9.85. The highest BCUT2D eigenvalue weighted by Crippen LogP contribution is 2.21. The minimum atomic E-state index is -3.51. The van der Waals surface area contributed by atoms with E-state index in [9.17, 15) is 18.0 Å². The van der Waals surface area contributed by atoms with E-state index in [4.69, 9.17) is 0 Å². The predicted molar refractivity (Wildman–Crippen MR) is 118 cm³/mol. The van der Waals surface area contributed by atoms with E-state index in [0.717, 1.165) is 0 Å². The number of thiophene rings is 1. The van der Waals surface area contributed by atoms with Gasteiger partial charge in [-0.15, -0.1) is 0 Å². The Kier molecular flexibility index (Phi) is 7.24. The molecule has 2 aromatic rings. The standard InChI is InChI=1S/C20H26N4O4S2/c1-3-23(4-2)30(27,28)24-12-10-22(11-13-24)20(26)17-7-5-6-8-18(17)21-19(25)16-9-14-29-15-16/h5-9,14-15H,3-4,10-13H2,1-2H3,(H,21,25). The summed E-state index contributed by atoms with van der Waals surface area (Å²) in [7, 11) is -3.51. The van der Waals surface area contributed by atoms with Crippen LogP contribution in [0.5, 0.6) is 0 Å². The molecule has 1 saturated heterocycles. The number of amides is 2. The Hall–Kier alpha value is -2.27. The first kappa shape index (κ1) is 22.4. The molecule has 0 spiro atoms. The molecule has 1 aliphatic rings. The summed E-state index contributed by atoms with van der Waals surface area (Å²) in [6.45, 7) is 5.52. The second-order valence-corrected chi connectivity index (χ2v) is 9.50. The van der Waals surface area contributed by atoms with Gasteiger partial charge in [0.1, 0.15) is 0 Å². The van der Waals surface area contributed by atoms with Gasteiger partial charge >= 0.3 is 0 Å². The number of para-hydroxylation sites is 1. The lowest BCUT2D eigenvalue weighted by Gasteiger charge is -2.36. The number of nitrogens with one attached hydrogen (secondary N) is 1. The second-order valence-electron chi connectivity index (χ2n) is 6.80. The van der Waals surface area contributed by atoms with Gasteiger partial charge < -0.3 is 10.2 Å². The summed E-state index contributed by atoms with van der Waals surface area (Å²) in [5.41, 5.74) is 1.37. The van der Waals surface area contributed by atoms with Crippen molar-refractivity contribution in [1.29, 1.82) is 0 Å². The molecular formula is C20H26N4O4S2. The number of carbonyl (C=O) groups excluding carboxylic acids is 2. The summed E-state index contributed by atoms with van der Waals surface area (Å²) in [6, 6.07) is 8.59. The Labute approximate surface area is 181 Å². The van der Waals surface area contributed by atoms with Crippen LogP contribution < -0.4 is 5.32 Å². The van der Waals surface area contributed by atoms with Gasteiger partial charge in [-0.2, -0.15) is 28.4 Å². The number of carbonyl (C=O) groups is 2. The van der Waals surface area contributed by atoms with Crippen LogP contribution in [-0.4, -0.2) is 73.0 Å². The average molecular weight is 451 g/mol. The Morgan fingerprint density at radius 1 is 1.07 bits per heavy atom. The zero-order valence-corrected chi connectivity index (χ0v) is 18.7. The molecule has 8 nitrogen and oxygen atoms in total. The molecule has 10 heteroatoms. The number of anilines is 1. The van der Waals surface area contributed by atoms with E-state index in [1.165, 1.54) is 19.9 Å². The topological polar surface area (TPSA) is 90.0 Å². The van der Waals surface area contributed by atoms with Crippen LogP contribution in [0.15, 0.2) is 41.1 Å². The summed E-state index contributed by atoms with van der Waals surface area (Å²) in [5.74, 6) is -0.497. The summed E-state index contributed by atoms with van der Waals surface area (Å²) in [4.78, 5) is 27.1. The van der Waals surface area contributed by atoms with Crippen LogP contribution in [0.2, 0.25) is 0 Å². The monoisotopic (exact) mass is 450 g/mol. The van der Waals surface area contributed by atoms with Gasteiger partial charge in [0.2, 0.25) is 0 Å². The fourth-order valence-electron chi connectivity index (χ4n) is 3.37. The third kappa shape index (κ3) is 4.72. The van der Waals surface area contributed by atoms with Gasteiger partial charge in [-0.05, 0) is 23.6 Å². The summed E-state index contributed by atoms with van der Waals surface area (Å²) in [6.07, 6.45) is 0. The molecule has 0 bridgehead atoms. The zero-order valence-electron chi connectivity index (χ0n) is 17.1. The van der Waals surface area contributed by atoms with Gasteiger partial charge in [0.05, 0.1) is 16.8 Å². The maximum Gasteiger partial charge on any atom is 0.282 e. The van der Waals surface area contributed by atoms with Crippen LogP contribution in [0.4, 0.5) is 5.69 Å². The quantitative estimate of drug-likeness (QED) is 0.701. The normalized spacial score (nSPS) is 15.4. The molecule has 1 aromatic carbocycles. The molecule has 0 radical (unpaired) electrons. The fraction of sp³-hybridized carbons (Fsp3) is 0.400. The number of hydrogen-bond donors (Lipinski definition) is 1. The largest absolute Gasteiger partial charge is 0.336 e. The molecular weight excluding hydrogens is 424 g/mol. The van der Waals surface area contributed by atoms with Crippen molar-refractivity contribution < 1.29 is 18.0 Å². The highest BCUT2D eigenvalue weighted by molar-refractivity contribution is 7.86. The van der Waals surface area contributed by atoms with E-state index in [1.807, 2.05) is 19.2 Å². The molecule has 3 rings (SSSR count). The van der Waals surface area contributed by atoms with Crippen LogP contribution >= 0.6 is 11.3 Å². The molecule has 1 fully saturated rings. The molecule has 0 aliphatic carbocycles. The maximum absolute atomic E-state index is 13.1. The van der Waals surface area contributed by atoms with E-state index < -0.39 is 10.2 Å². The van der Waals surface area contributed by atoms with Gasteiger partial charge in [-0.25, -0.2) is 0 Å². The molecule has 1 aromatic heterocycles. The first-order valence-corrected chi connectivity index (χ1v) is 12.2. The molecule has 30 heavy (non-hydrogen) atoms. The smallest absolute Gasteiger partial charge is 0.282 e. The van der Waals surface area contributed by atoms with Crippen LogP contribution in [0, 0.1) is 0 Å². The molecule has 0 atom stereocenters. The van der Waals surface area contributed by atoms with Crippen molar-refractivity contribution in [2.75, 3.05) is 44.6 Å². The van der Waals surface area contributed by atoms with E-state index >= 15 is 0 Å². The van der Waals surface area contributed by atoms with Crippen molar-refractivity contribution in [3.05, 3.63) is 52.2 Å².